The van der Waals surface area contributed by atoms with Crippen molar-refractivity contribution < 1.29 is 9.32 Å². The van der Waals surface area contributed by atoms with Crippen LogP contribution in [-0.4, -0.2) is 32.8 Å². The van der Waals surface area contributed by atoms with Crippen LogP contribution >= 0.6 is 0 Å². The van der Waals surface area contributed by atoms with Crippen LogP contribution in [0.4, 0.5) is 0 Å². The van der Waals surface area contributed by atoms with Gasteiger partial charge < -0.3 is 9.42 Å². The van der Waals surface area contributed by atoms with E-state index in [9.17, 15) is 4.79 Å². The van der Waals surface area contributed by atoms with E-state index < -0.39 is 0 Å². The maximum atomic E-state index is 12.2. The summed E-state index contributed by atoms with van der Waals surface area (Å²) in [6.45, 7) is 0.355. The zero-order valence-corrected chi connectivity index (χ0v) is 12.4. The first-order valence-electron chi connectivity index (χ1n) is 6.88. The minimum Gasteiger partial charge on any atom is -0.359 e. The molecular formula is C16H16N4O2. The average Bonchev–Trinajstić information content (AvgIpc) is 3.16. The lowest BCUT2D eigenvalue weighted by atomic mass is 10.1. The first-order chi connectivity index (χ1) is 10.6. The highest BCUT2D eigenvalue weighted by Gasteiger charge is 2.16. The van der Waals surface area contributed by atoms with E-state index in [4.69, 9.17) is 4.52 Å². The SMILES string of the molecule is CN(Cc1cc(-c2ccccc2)no1)C(=O)c1cnn(C)c1. The molecule has 2 aromatic heterocycles. The van der Waals surface area contributed by atoms with E-state index >= 15 is 0 Å². The topological polar surface area (TPSA) is 64.2 Å². The van der Waals surface area contributed by atoms with E-state index in [0.29, 0.717) is 17.9 Å². The molecule has 0 fully saturated rings. The summed E-state index contributed by atoms with van der Waals surface area (Å²) in [5.41, 5.74) is 2.30. The number of hydrogen-bond donors (Lipinski definition) is 0. The molecular weight excluding hydrogens is 280 g/mol. The Kier molecular flexibility index (Phi) is 3.74. The second kappa shape index (κ2) is 5.85. The molecule has 0 unspecified atom stereocenters. The van der Waals surface area contributed by atoms with Gasteiger partial charge in [-0.3, -0.25) is 9.48 Å². The summed E-state index contributed by atoms with van der Waals surface area (Å²) in [6.07, 6.45) is 3.24. The Labute approximate surface area is 127 Å². The number of aryl methyl sites for hydroxylation is 1. The summed E-state index contributed by atoms with van der Waals surface area (Å²) in [5.74, 6) is 0.532. The minimum atomic E-state index is -0.106. The molecule has 112 valence electrons. The van der Waals surface area contributed by atoms with E-state index in [0.717, 1.165) is 11.3 Å². The van der Waals surface area contributed by atoms with E-state index in [1.54, 1.807) is 36.1 Å². The number of carbonyl (C=O) groups is 1. The number of benzene rings is 1. The van der Waals surface area contributed by atoms with Gasteiger partial charge in [0.2, 0.25) is 0 Å². The molecule has 0 aliphatic heterocycles. The molecule has 0 N–H and O–H groups in total. The Morgan fingerprint density at radius 3 is 2.77 bits per heavy atom. The van der Waals surface area contributed by atoms with Crippen molar-refractivity contribution in [1.82, 2.24) is 19.8 Å². The second-order valence-electron chi connectivity index (χ2n) is 5.11. The lowest BCUT2D eigenvalue weighted by Gasteiger charge is -2.13. The van der Waals surface area contributed by atoms with Crippen LogP contribution in [-0.2, 0) is 13.6 Å². The van der Waals surface area contributed by atoms with E-state index in [2.05, 4.69) is 10.3 Å². The lowest BCUT2D eigenvalue weighted by Crippen LogP contribution is -2.25. The zero-order chi connectivity index (χ0) is 15.5. The predicted molar refractivity (Wildman–Crippen MR) is 80.9 cm³/mol. The Balaban J connectivity index is 1.71. The summed E-state index contributed by atoms with van der Waals surface area (Å²) in [5, 5.41) is 8.05. The molecule has 22 heavy (non-hydrogen) atoms. The van der Waals surface area contributed by atoms with Crippen LogP contribution in [0.2, 0.25) is 0 Å². The van der Waals surface area contributed by atoms with E-state index in [1.807, 2.05) is 36.4 Å². The van der Waals surface area contributed by atoms with Crippen LogP contribution in [0, 0.1) is 0 Å². The highest BCUT2D eigenvalue weighted by Crippen LogP contribution is 2.19. The molecule has 0 radical (unpaired) electrons. The fraction of sp³-hybridized carbons (Fsp3) is 0.188. The first-order valence-corrected chi connectivity index (χ1v) is 6.88. The number of hydrogen-bond acceptors (Lipinski definition) is 4. The molecule has 0 bridgehead atoms. The number of amides is 1. The molecule has 2 heterocycles. The highest BCUT2D eigenvalue weighted by atomic mass is 16.5. The van der Waals surface area contributed by atoms with Gasteiger partial charge in [0.1, 0.15) is 5.69 Å². The third kappa shape index (κ3) is 2.90. The Morgan fingerprint density at radius 2 is 2.09 bits per heavy atom. The summed E-state index contributed by atoms with van der Waals surface area (Å²) in [7, 11) is 3.50. The summed E-state index contributed by atoms with van der Waals surface area (Å²) < 4.78 is 6.92. The van der Waals surface area contributed by atoms with Crippen molar-refractivity contribution in [2.45, 2.75) is 6.54 Å². The Bertz CT molecular complexity index is 776. The highest BCUT2D eigenvalue weighted by molar-refractivity contribution is 5.93. The van der Waals surface area contributed by atoms with Crippen molar-refractivity contribution >= 4 is 5.91 Å². The van der Waals surface area contributed by atoms with Crippen LogP contribution in [0.1, 0.15) is 16.1 Å². The van der Waals surface area contributed by atoms with Gasteiger partial charge in [0, 0.05) is 31.9 Å². The maximum Gasteiger partial charge on any atom is 0.257 e. The first kappa shape index (κ1) is 14.1. The van der Waals surface area contributed by atoms with Crippen LogP contribution in [0.25, 0.3) is 11.3 Å². The van der Waals surface area contributed by atoms with Gasteiger partial charge in [-0.2, -0.15) is 5.10 Å². The standard InChI is InChI=1S/C16H16N4O2/c1-19(16(21)13-9-17-20(2)10-13)11-14-8-15(18-22-14)12-6-4-3-5-7-12/h3-10H,11H2,1-2H3. The normalized spacial score (nSPS) is 10.6. The number of rotatable bonds is 4. The van der Waals surface area contributed by atoms with Gasteiger partial charge in [-0.1, -0.05) is 35.5 Å². The molecule has 6 heteroatoms. The predicted octanol–water partition coefficient (Wildman–Crippen LogP) is 2.35. The van der Waals surface area contributed by atoms with Gasteiger partial charge in [-0.05, 0) is 0 Å². The van der Waals surface area contributed by atoms with Crippen molar-refractivity contribution in [3.8, 4) is 11.3 Å². The average molecular weight is 296 g/mol. The van der Waals surface area contributed by atoms with Crippen LogP contribution in [0.3, 0.4) is 0 Å². The fourth-order valence-electron chi connectivity index (χ4n) is 2.19. The fourth-order valence-corrected chi connectivity index (χ4v) is 2.19. The van der Waals surface area contributed by atoms with Crippen molar-refractivity contribution in [3.05, 3.63) is 60.1 Å². The van der Waals surface area contributed by atoms with Crippen LogP contribution in [0.15, 0.2) is 53.3 Å². The van der Waals surface area contributed by atoms with Gasteiger partial charge in [0.25, 0.3) is 5.91 Å². The van der Waals surface area contributed by atoms with Crippen molar-refractivity contribution in [3.63, 3.8) is 0 Å². The number of aromatic nitrogens is 3. The summed E-state index contributed by atoms with van der Waals surface area (Å²) in [6, 6.07) is 11.6. The van der Waals surface area contributed by atoms with Crippen molar-refractivity contribution in [2.75, 3.05) is 7.05 Å². The zero-order valence-electron chi connectivity index (χ0n) is 12.4. The van der Waals surface area contributed by atoms with E-state index in [-0.39, 0.29) is 5.91 Å². The van der Waals surface area contributed by atoms with Gasteiger partial charge in [-0.15, -0.1) is 0 Å². The van der Waals surface area contributed by atoms with Gasteiger partial charge >= 0.3 is 0 Å². The van der Waals surface area contributed by atoms with Crippen LogP contribution < -0.4 is 0 Å². The number of nitrogens with zero attached hydrogens (tertiary/aromatic N) is 4. The lowest BCUT2D eigenvalue weighted by molar-refractivity contribution is 0.0772. The number of carbonyl (C=O) groups excluding carboxylic acids is 1. The quantitative estimate of drug-likeness (QED) is 0.741. The van der Waals surface area contributed by atoms with Crippen LogP contribution in [0.5, 0.6) is 0 Å². The largest absolute Gasteiger partial charge is 0.359 e. The van der Waals surface area contributed by atoms with Gasteiger partial charge in [0.05, 0.1) is 18.3 Å². The molecule has 0 saturated heterocycles. The smallest absolute Gasteiger partial charge is 0.257 e. The molecule has 1 aromatic carbocycles. The second-order valence-corrected chi connectivity index (χ2v) is 5.11. The molecule has 0 saturated carbocycles. The third-order valence-corrected chi connectivity index (χ3v) is 3.32. The maximum absolute atomic E-state index is 12.2. The Morgan fingerprint density at radius 1 is 1.32 bits per heavy atom. The van der Waals surface area contributed by atoms with E-state index in [1.165, 1.54) is 0 Å². The van der Waals surface area contributed by atoms with Crippen molar-refractivity contribution in [1.29, 1.82) is 0 Å². The molecule has 0 spiro atoms. The third-order valence-electron chi connectivity index (χ3n) is 3.32. The monoisotopic (exact) mass is 296 g/mol. The minimum absolute atomic E-state index is 0.106. The van der Waals surface area contributed by atoms with Gasteiger partial charge in [0.15, 0.2) is 5.76 Å². The molecule has 6 nitrogen and oxygen atoms in total. The molecule has 3 rings (SSSR count). The molecule has 0 aliphatic rings. The van der Waals surface area contributed by atoms with Crippen molar-refractivity contribution in [2.24, 2.45) is 7.05 Å². The summed E-state index contributed by atoms with van der Waals surface area (Å²) in [4.78, 5) is 13.8. The van der Waals surface area contributed by atoms with Gasteiger partial charge in [-0.25, -0.2) is 0 Å². The summed E-state index contributed by atoms with van der Waals surface area (Å²) >= 11 is 0. The molecule has 0 atom stereocenters. The Hall–Kier alpha value is -2.89. The molecule has 0 aliphatic carbocycles. The molecule has 3 aromatic rings. The molecule has 1 amide bonds.